The van der Waals surface area contributed by atoms with Crippen molar-refractivity contribution in [1.82, 2.24) is 14.5 Å². The van der Waals surface area contributed by atoms with E-state index in [2.05, 4.69) is 20.6 Å². The summed E-state index contributed by atoms with van der Waals surface area (Å²) in [5.74, 6) is 3.28. The van der Waals surface area contributed by atoms with Crippen molar-refractivity contribution in [1.29, 1.82) is 0 Å². The molecular formula is C15H20N4. The van der Waals surface area contributed by atoms with Crippen LogP contribution in [0.25, 0.3) is 11.2 Å². The van der Waals surface area contributed by atoms with Gasteiger partial charge in [0, 0.05) is 12.7 Å². The van der Waals surface area contributed by atoms with Crippen LogP contribution >= 0.6 is 0 Å². The molecular weight excluding hydrogens is 236 g/mol. The zero-order valence-electron chi connectivity index (χ0n) is 11.3. The van der Waals surface area contributed by atoms with Gasteiger partial charge in [-0.25, -0.2) is 9.97 Å². The van der Waals surface area contributed by atoms with Crippen LogP contribution in [0.15, 0.2) is 12.3 Å². The summed E-state index contributed by atoms with van der Waals surface area (Å²) in [5.41, 5.74) is 9.11. The molecule has 2 fully saturated rings. The molecule has 2 aromatic heterocycles. The first-order valence-corrected chi connectivity index (χ1v) is 7.29. The van der Waals surface area contributed by atoms with Crippen molar-refractivity contribution in [2.24, 2.45) is 17.8 Å². The summed E-state index contributed by atoms with van der Waals surface area (Å²) in [6.07, 6.45) is 7.56. The zero-order chi connectivity index (χ0) is 13.0. The Bertz CT molecular complexity index is 630. The molecule has 2 bridgehead atoms. The Hall–Kier alpha value is -1.58. The van der Waals surface area contributed by atoms with Crippen LogP contribution in [-0.2, 0) is 6.54 Å². The minimum Gasteiger partial charge on any atom is -0.369 e. The third kappa shape index (κ3) is 1.73. The van der Waals surface area contributed by atoms with Crippen LogP contribution in [0.3, 0.4) is 0 Å². The first kappa shape index (κ1) is 11.3. The number of hydrogen-bond donors (Lipinski definition) is 1. The summed E-state index contributed by atoms with van der Waals surface area (Å²) in [6, 6.07) is 2.07. The van der Waals surface area contributed by atoms with Crippen LogP contribution in [0, 0.1) is 24.7 Å². The van der Waals surface area contributed by atoms with Gasteiger partial charge < -0.3 is 5.73 Å². The molecule has 2 N–H and O–H groups in total. The predicted molar refractivity (Wildman–Crippen MR) is 75.6 cm³/mol. The summed E-state index contributed by atoms with van der Waals surface area (Å²) in [6.45, 7) is 3.04. The van der Waals surface area contributed by atoms with E-state index in [1.165, 1.54) is 25.7 Å². The van der Waals surface area contributed by atoms with Crippen molar-refractivity contribution >= 4 is 17.1 Å². The van der Waals surface area contributed by atoms with Crippen LogP contribution in [0.4, 0.5) is 5.95 Å². The fraction of sp³-hybridized carbons (Fsp3) is 0.600. The standard InChI is InChI=1S/C15H20N4/c1-9-4-13-14(17-7-9)19(15(16)18-13)8-12-6-10-2-3-11(12)5-10/h4,7,10-12H,2-3,5-6,8H2,1H3,(H2,16,18). The number of imidazole rings is 1. The molecule has 0 amide bonds. The molecule has 2 saturated carbocycles. The third-order valence-corrected chi connectivity index (χ3v) is 5.05. The van der Waals surface area contributed by atoms with E-state index in [4.69, 9.17) is 5.73 Å². The van der Waals surface area contributed by atoms with Gasteiger partial charge in [0.2, 0.25) is 5.95 Å². The number of rotatable bonds is 2. The summed E-state index contributed by atoms with van der Waals surface area (Å²) >= 11 is 0. The number of nitrogens with two attached hydrogens (primary N) is 1. The average molecular weight is 256 g/mol. The monoisotopic (exact) mass is 256 g/mol. The minimum absolute atomic E-state index is 0.621. The number of nitrogen functional groups attached to an aromatic ring is 1. The van der Waals surface area contributed by atoms with E-state index in [9.17, 15) is 0 Å². The van der Waals surface area contributed by atoms with Crippen molar-refractivity contribution in [3.63, 3.8) is 0 Å². The second kappa shape index (κ2) is 3.95. The maximum Gasteiger partial charge on any atom is 0.202 e. The van der Waals surface area contributed by atoms with Crippen LogP contribution in [-0.4, -0.2) is 14.5 Å². The third-order valence-electron chi connectivity index (χ3n) is 5.05. The van der Waals surface area contributed by atoms with Gasteiger partial charge in [0.05, 0.1) is 0 Å². The molecule has 0 aromatic carbocycles. The Labute approximate surface area is 113 Å². The molecule has 0 spiro atoms. The SMILES string of the molecule is Cc1cnc2c(c1)nc(N)n2CC1CC2CCC1C2. The summed E-state index contributed by atoms with van der Waals surface area (Å²) in [4.78, 5) is 8.98. The molecule has 3 atom stereocenters. The van der Waals surface area contributed by atoms with Gasteiger partial charge in [0.1, 0.15) is 5.52 Å². The van der Waals surface area contributed by atoms with E-state index in [-0.39, 0.29) is 0 Å². The molecule has 2 aliphatic carbocycles. The van der Waals surface area contributed by atoms with Gasteiger partial charge in [0.25, 0.3) is 0 Å². The molecule has 4 nitrogen and oxygen atoms in total. The fourth-order valence-corrected chi connectivity index (χ4v) is 4.14. The fourth-order valence-electron chi connectivity index (χ4n) is 4.14. The van der Waals surface area contributed by atoms with E-state index in [0.29, 0.717) is 5.95 Å². The normalized spacial score (nSPS) is 29.4. The lowest BCUT2D eigenvalue weighted by atomic mass is 9.89. The quantitative estimate of drug-likeness (QED) is 0.898. The van der Waals surface area contributed by atoms with Crippen molar-refractivity contribution < 1.29 is 0 Å². The van der Waals surface area contributed by atoms with E-state index in [1.54, 1.807) is 0 Å². The number of pyridine rings is 1. The van der Waals surface area contributed by atoms with Gasteiger partial charge >= 0.3 is 0 Å². The van der Waals surface area contributed by atoms with Crippen LogP contribution in [0.5, 0.6) is 0 Å². The Morgan fingerprint density at radius 3 is 3.00 bits per heavy atom. The maximum atomic E-state index is 6.09. The van der Waals surface area contributed by atoms with Gasteiger partial charge in [-0.15, -0.1) is 0 Å². The molecule has 4 heteroatoms. The molecule has 2 aromatic rings. The van der Waals surface area contributed by atoms with Crippen molar-refractivity contribution in [2.45, 2.75) is 39.2 Å². The number of anilines is 1. The maximum absolute atomic E-state index is 6.09. The second-order valence-corrected chi connectivity index (χ2v) is 6.37. The largest absolute Gasteiger partial charge is 0.369 e. The molecule has 19 heavy (non-hydrogen) atoms. The summed E-state index contributed by atoms with van der Waals surface area (Å²) in [7, 11) is 0. The zero-order valence-corrected chi connectivity index (χ0v) is 11.3. The van der Waals surface area contributed by atoms with E-state index in [0.717, 1.165) is 41.0 Å². The van der Waals surface area contributed by atoms with E-state index in [1.807, 2.05) is 13.1 Å². The molecule has 2 heterocycles. The number of nitrogens with zero attached hydrogens (tertiary/aromatic N) is 3. The Kier molecular flexibility index (Phi) is 2.34. The molecule has 0 aliphatic heterocycles. The summed E-state index contributed by atoms with van der Waals surface area (Å²) in [5, 5.41) is 0. The Morgan fingerprint density at radius 2 is 2.26 bits per heavy atom. The lowest BCUT2D eigenvalue weighted by molar-refractivity contribution is 0.299. The number of aromatic nitrogens is 3. The highest BCUT2D eigenvalue weighted by atomic mass is 15.2. The highest BCUT2D eigenvalue weighted by molar-refractivity contribution is 5.74. The molecule has 4 rings (SSSR count). The van der Waals surface area contributed by atoms with Gasteiger partial charge in [-0.3, -0.25) is 4.57 Å². The lowest BCUT2D eigenvalue weighted by Gasteiger charge is -2.22. The smallest absolute Gasteiger partial charge is 0.202 e. The Morgan fingerprint density at radius 1 is 1.37 bits per heavy atom. The molecule has 0 saturated heterocycles. The average Bonchev–Trinajstić information content (AvgIpc) is 3.05. The van der Waals surface area contributed by atoms with E-state index < -0.39 is 0 Å². The van der Waals surface area contributed by atoms with Crippen molar-refractivity contribution in [3.8, 4) is 0 Å². The first-order chi connectivity index (χ1) is 9.20. The highest BCUT2D eigenvalue weighted by Crippen LogP contribution is 2.49. The topological polar surface area (TPSA) is 56.7 Å². The van der Waals surface area contributed by atoms with E-state index >= 15 is 0 Å². The molecule has 100 valence electrons. The number of hydrogen-bond acceptors (Lipinski definition) is 3. The second-order valence-electron chi connectivity index (χ2n) is 6.37. The van der Waals surface area contributed by atoms with Gasteiger partial charge in [-0.1, -0.05) is 6.42 Å². The van der Waals surface area contributed by atoms with Crippen molar-refractivity contribution in [2.75, 3.05) is 5.73 Å². The van der Waals surface area contributed by atoms with Gasteiger partial charge in [-0.2, -0.15) is 0 Å². The first-order valence-electron chi connectivity index (χ1n) is 7.29. The molecule has 0 radical (unpaired) electrons. The highest BCUT2D eigenvalue weighted by Gasteiger charge is 2.39. The van der Waals surface area contributed by atoms with Gasteiger partial charge in [0.15, 0.2) is 5.65 Å². The minimum atomic E-state index is 0.621. The van der Waals surface area contributed by atoms with Crippen molar-refractivity contribution in [3.05, 3.63) is 17.8 Å². The Balaban J connectivity index is 1.69. The van der Waals surface area contributed by atoms with Gasteiger partial charge in [-0.05, 0) is 55.6 Å². The van der Waals surface area contributed by atoms with Crippen LogP contribution < -0.4 is 5.73 Å². The van der Waals surface area contributed by atoms with Crippen LogP contribution in [0.2, 0.25) is 0 Å². The van der Waals surface area contributed by atoms with Crippen LogP contribution in [0.1, 0.15) is 31.2 Å². The number of aryl methyl sites for hydroxylation is 1. The summed E-state index contributed by atoms with van der Waals surface area (Å²) < 4.78 is 2.13. The molecule has 2 aliphatic rings. The number of fused-ring (bicyclic) bond motifs is 3. The molecule has 3 unspecified atom stereocenters. The predicted octanol–water partition coefficient (Wildman–Crippen LogP) is 2.76. The lowest BCUT2D eigenvalue weighted by Crippen LogP contribution is -2.18.